The summed E-state index contributed by atoms with van der Waals surface area (Å²) in [4.78, 5) is 25.7. The van der Waals surface area contributed by atoms with E-state index in [0.29, 0.717) is 12.8 Å². The molecule has 2 saturated heterocycles. The van der Waals surface area contributed by atoms with Crippen LogP contribution in [0.3, 0.4) is 0 Å². The number of carbonyl (C=O) groups is 2. The zero-order chi connectivity index (χ0) is 46.8. The van der Waals surface area contributed by atoms with Gasteiger partial charge in [0.15, 0.2) is 18.7 Å². The summed E-state index contributed by atoms with van der Waals surface area (Å²) >= 11 is 0. The molecular formula is C49H84O15. The van der Waals surface area contributed by atoms with Crippen molar-refractivity contribution in [1.82, 2.24) is 0 Å². The Morgan fingerprint density at radius 2 is 0.984 bits per heavy atom. The van der Waals surface area contributed by atoms with Crippen LogP contribution in [0.1, 0.15) is 155 Å². The van der Waals surface area contributed by atoms with Gasteiger partial charge in [-0.15, -0.1) is 0 Å². The van der Waals surface area contributed by atoms with Gasteiger partial charge in [0.1, 0.15) is 55.4 Å². The second-order valence-corrected chi connectivity index (χ2v) is 16.9. The topological polar surface area (TPSA) is 231 Å². The highest BCUT2D eigenvalue weighted by atomic mass is 16.7. The molecule has 0 aromatic carbocycles. The predicted octanol–water partition coefficient (Wildman–Crippen LogP) is 5.93. The van der Waals surface area contributed by atoms with Crippen molar-refractivity contribution in [3.8, 4) is 0 Å². The number of hydrogen-bond donors (Lipinski definition) is 7. The van der Waals surface area contributed by atoms with E-state index >= 15 is 0 Å². The monoisotopic (exact) mass is 913 g/mol. The minimum atomic E-state index is -1.77. The molecule has 370 valence electrons. The van der Waals surface area contributed by atoms with Gasteiger partial charge in [0.2, 0.25) is 0 Å². The van der Waals surface area contributed by atoms with Crippen molar-refractivity contribution in [3.05, 3.63) is 48.6 Å². The molecule has 0 amide bonds. The molecule has 15 heteroatoms. The first-order valence-electron chi connectivity index (χ1n) is 24.2. The van der Waals surface area contributed by atoms with Gasteiger partial charge >= 0.3 is 11.9 Å². The van der Waals surface area contributed by atoms with Crippen LogP contribution in [0.4, 0.5) is 0 Å². The lowest BCUT2D eigenvalue weighted by atomic mass is 9.98. The predicted molar refractivity (Wildman–Crippen MR) is 243 cm³/mol. The van der Waals surface area contributed by atoms with Gasteiger partial charge in [0, 0.05) is 12.8 Å². The molecule has 0 aromatic rings. The fraction of sp³-hybridized carbons (Fsp3) is 0.796. The highest BCUT2D eigenvalue weighted by Crippen LogP contribution is 2.26. The third-order valence-corrected chi connectivity index (χ3v) is 11.3. The Labute approximate surface area is 382 Å². The van der Waals surface area contributed by atoms with Crippen molar-refractivity contribution in [2.24, 2.45) is 0 Å². The maximum Gasteiger partial charge on any atom is 0.306 e. The smallest absolute Gasteiger partial charge is 0.306 e. The normalized spacial score (nSPS) is 27.0. The van der Waals surface area contributed by atoms with E-state index in [-0.39, 0.29) is 19.4 Å². The van der Waals surface area contributed by atoms with Crippen molar-refractivity contribution < 1.29 is 73.8 Å². The Morgan fingerprint density at radius 1 is 0.516 bits per heavy atom. The molecule has 0 saturated carbocycles. The molecule has 11 atom stereocenters. The van der Waals surface area contributed by atoms with Gasteiger partial charge in [-0.2, -0.15) is 0 Å². The summed E-state index contributed by atoms with van der Waals surface area (Å²) in [6.07, 6.45) is 21.5. The minimum Gasteiger partial charge on any atom is -0.462 e. The van der Waals surface area contributed by atoms with Crippen LogP contribution in [0, 0.1) is 0 Å². The molecule has 7 N–H and O–H groups in total. The molecule has 4 unspecified atom stereocenters. The van der Waals surface area contributed by atoms with Crippen LogP contribution in [0.5, 0.6) is 0 Å². The molecule has 2 fully saturated rings. The summed E-state index contributed by atoms with van der Waals surface area (Å²) in [5.74, 6) is -0.967. The van der Waals surface area contributed by atoms with Crippen LogP contribution in [0.25, 0.3) is 0 Å². The van der Waals surface area contributed by atoms with Crippen LogP contribution in [-0.4, -0.2) is 142 Å². The third kappa shape index (κ3) is 24.8. The summed E-state index contributed by atoms with van der Waals surface area (Å²) < 4.78 is 33.5. The lowest BCUT2D eigenvalue weighted by Crippen LogP contribution is -2.61. The van der Waals surface area contributed by atoms with E-state index in [1.807, 2.05) is 0 Å². The highest BCUT2D eigenvalue weighted by Gasteiger charge is 2.47. The molecule has 0 aliphatic carbocycles. The SMILES string of the molecule is CC/C=C/C/C=C/C/C=C/CCCCCCCC(=O)OC[C@H](CO[C@@H]1O[C@H](CO[C@@H]2O[C@H](CO)[C@H](O)C(O)C2O)[C@H](O)C(O)C1O)OC(=O)CCCCC/C=C/CCCCCCCC. The van der Waals surface area contributed by atoms with E-state index in [2.05, 4.69) is 62.5 Å². The second-order valence-electron chi connectivity index (χ2n) is 16.9. The van der Waals surface area contributed by atoms with Crippen LogP contribution < -0.4 is 0 Å². The molecule has 2 heterocycles. The molecule has 2 aliphatic heterocycles. The summed E-state index contributed by atoms with van der Waals surface area (Å²) in [7, 11) is 0. The number of rotatable bonds is 36. The number of carbonyl (C=O) groups excluding carboxylic acids is 2. The zero-order valence-electron chi connectivity index (χ0n) is 38.8. The number of allylic oxidation sites excluding steroid dienone is 8. The average molecular weight is 913 g/mol. The van der Waals surface area contributed by atoms with Crippen LogP contribution in [-0.2, 0) is 38.0 Å². The van der Waals surface area contributed by atoms with Crippen molar-refractivity contribution in [1.29, 1.82) is 0 Å². The number of esters is 2. The van der Waals surface area contributed by atoms with Crippen molar-refractivity contribution in [2.45, 2.75) is 223 Å². The maximum absolute atomic E-state index is 12.9. The fourth-order valence-corrected chi connectivity index (χ4v) is 7.28. The number of ether oxygens (including phenoxy) is 6. The van der Waals surface area contributed by atoms with Crippen LogP contribution in [0.2, 0.25) is 0 Å². The van der Waals surface area contributed by atoms with Crippen molar-refractivity contribution in [3.63, 3.8) is 0 Å². The Morgan fingerprint density at radius 3 is 1.58 bits per heavy atom. The highest BCUT2D eigenvalue weighted by molar-refractivity contribution is 5.70. The standard InChI is InChI=1S/C49H84O15/c1-3-5-7-9-11-13-15-17-18-20-21-23-25-27-29-31-40(51)59-34-37(62-41(52)32-30-28-26-24-22-19-16-14-12-10-8-6-4-2)35-60-48-47(58)45(56)43(54)39(64-48)36-61-49-46(57)44(55)42(53)38(33-50)63-49/h5,7,11,13,17-19,22,37-39,42-50,53-58H,3-4,6,8-10,12,14-16,20-21,23-36H2,1-2H3/b7-5+,13-11+,18-17+,22-19+/t37-,38-,39-,42+,43+,44?,45?,46?,47?,48-,49-/m1/s1. The summed E-state index contributed by atoms with van der Waals surface area (Å²) in [5, 5.41) is 71.9. The van der Waals surface area contributed by atoms with Crippen LogP contribution >= 0.6 is 0 Å². The van der Waals surface area contributed by atoms with E-state index in [1.54, 1.807) is 0 Å². The Hall–Kier alpha value is -2.54. The van der Waals surface area contributed by atoms with Crippen molar-refractivity contribution >= 4 is 11.9 Å². The number of unbranched alkanes of at least 4 members (excludes halogenated alkanes) is 14. The molecule has 2 rings (SSSR count). The molecule has 0 aromatic heterocycles. The van der Waals surface area contributed by atoms with Gasteiger partial charge in [0.05, 0.1) is 19.8 Å². The van der Waals surface area contributed by atoms with Gasteiger partial charge in [-0.05, 0) is 70.6 Å². The number of hydrogen-bond acceptors (Lipinski definition) is 15. The molecule has 64 heavy (non-hydrogen) atoms. The lowest BCUT2D eigenvalue weighted by Gasteiger charge is -2.42. The number of aliphatic hydroxyl groups excluding tert-OH is 7. The first-order chi connectivity index (χ1) is 31.0. The fourth-order valence-electron chi connectivity index (χ4n) is 7.28. The Kier molecular flexibility index (Phi) is 32.9. The van der Waals surface area contributed by atoms with Gasteiger partial charge in [-0.3, -0.25) is 9.59 Å². The van der Waals surface area contributed by atoms with Gasteiger partial charge in [-0.1, -0.05) is 120 Å². The van der Waals surface area contributed by atoms with E-state index in [4.69, 9.17) is 28.4 Å². The molecular weight excluding hydrogens is 829 g/mol. The van der Waals surface area contributed by atoms with E-state index in [0.717, 1.165) is 77.0 Å². The van der Waals surface area contributed by atoms with E-state index in [9.17, 15) is 45.3 Å². The summed E-state index contributed by atoms with van der Waals surface area (Å²) in [5.41, 5.74) is 0. The zero-order valence-corrected chi connectivity index (χ0v) is 38.8. The maximum atomic E-state index is 12.9. The minimum absolute atomic E-state index is 0.139. The van der Waals surface area contributed by atoms with E-state index in [1.165, 1.54) is 38.5 Å². The van der Waals surface area contributed by atoms with Crippen molar-refractivity contribution in [2.75, 3.05) is 26.4 Å². The first kappa shape index (κ1) is 57.6. The second kappa shape index (κ2) is 36.6. The Bertz CT molecular complexity index is 1300. The average Bonchev–Trinajstić information content (AvgIpc) is 3.29. The lowest BCUT2D eigenvalue weighted by molar-refractivity contribution is -0.332. The third-order valence-electron chi connectivity index (χ3n) is 11.3. The Balaban J connectivity index is 1.85. The van der Waals surface area contributed by atoms with Gasteiger partial charge in [-0.25, -0.2) is 0 Å². The first-order valence-corrected chi connectivity index (χ1v) is 24.2. The van der Waals surface area contributed by atoms with Gasteiger partial charge < -0.3 is 64.2 Å². The largest absolute Gasteiger partial charge is 0.462 e. The van der Waals surface area contributed by atoms with Gasteiger partial charge in [0.25, 0.3) is 0 Å². The van der Waals surface area contributed by atoms with Crippen LogP contribution in [0.15, 0.2) is 48.6 Å². The molecule has 15 nitrogen and oxygen atoms in total. The molecule has 0 spiro atoms. The molecule has 0 radical (unpaired) electrons. The molecule has 0 bridgehead atoms. The quantitative estimate of drug-likeness (QED) is 0.0220. The summed E-state index contributed by atoms with van der Waals surface area (Å²) in [6, 6.07) is 0. The van der Waals surface area contributed by atoms with E-state index < -0.39 is 99.3 Å². The molecule has 2 aliphatic rings. The summed E-state index contributed by atoms with van der Waals surface area (Å²) in [6.45, 7) is 2.41. The number of aliphatic hydroxyl groups is 7.